The van der Waals surface area contributed by atoms with Gasteiger partial charge in [0.25, 0.3) is 0 Å². The Morgan fingerprint density at radius 1 is 1.35 bits per heavy atom. The molecular formula is C19H22N2O2. The van der Waals surface area contributed by atoms with Gasteiger partial charge in [-0.3, -0.25) is 9.88 Å². The summed E-state index contributed by atoms with van der Waals surface area (Å²) in [5, 5.41) is 21.7. The molecule has 0 aliphatic carbocycles. The Balaban J connectivity index is 1.69. The molecule has 3 aliphatic rings. The van der Waals surface area contributed by atoms with E-state index in [9.17, 15) is 10.2 Å². The summed E-state index contributed by atoms with van der Waals surface area (Å²) >= 11 is 0. The number of aliphatic hydroxyl groups excluding tert-OH is 1. The van der Waals surface area contributed by atoms with Crippen LogP contribution in [-0.2, 0) is 0 Å². The highest BCUT2D eigenvalue weighted by Crippen LogP contribution is 2.42. The highest BCUT2D eigenvalue weighted by Gasteiger charge is 2.42. The molecule has 0 spiro atoms. The van der Waals surface area contributed by atoms with E-state index in [4.69, 9.17) is 0 Å². The van der Waals surface area contributed by atoms with E-state index in [2.05, 4.69) is 22.5 Å². The SMILES string of the molecule is C=CC1CN2CCC1C[C@H]2C(O)c1ccnc2ccc(O)cc12. The van der Waals surface area contributed by atoms with Gasteiger partial charge >= 0.3 is 0 Å². The first kappa shape index (κ1) is 14.7. The van der Waals surface area contributed by atoms with E-state index in [1.54, 1.807) is 24.4 Å². The first-order valence-corrected chi connectivity index (χ1v) is 8.29. The number of hydrogen-bond donors (Lipinski definition) is 2. The average molecular weight is 310 g/mol. The van der Waals surface area contributed by atoms with Crippen LogP contribution in [-0.4, -0.2) is 39.2 Å². The number of benzene rings is 1. The van der Waals surface area contributed by atoms with Gasteiger partial charge < -0.3 is 10.2 Å². The van der Waals surface area contributed by atoms with Crippen molar-refractivity contribution in [2.75, 3.05) is 13.1 Å². The molecule has 0 radical (unpaired) electrons. The van der Waals surface area contributed by atoms with Crippen LogP contribution < -0.4 is 0 Å². The molecule has 0 saturated carbocycles. The highest BCUT2D eigenvalue weighted by molar-refractivity contribution is 5.83. The van der Waals surface area contributed by atoms with Crippen molar-refractivity contribution in [2.45, 2.75) is 25.0 Å². The van der Waals surface area contributed by atoms with Gasteiger partial charge in [0.15, 0.2) is 0 Å². The van der Waals surface area contributed by atoms with Crippen LogP contribution in [0.25, 0.3) is 10.9 Å². The van der Waals surface area contributed by atoms with E-state index < -0.39 is 6.10 Å². The standard InChI is InChI=1S/C19H22N2O2/c1-2-12-11-21-8-6-13(12)9-18(21)19(23)15-5-7-20-17-4-3-14(22)10-16(15)17/h2-5,7,10,12-13,18-19,22-23H,1,6,8-9,11H2/t12?,13?,18-,19?/m0/s1. The molecule has 23 heavy (non-hydrogen) atoms. The smallest absolute Gasteiger partial charge is 0.116 e. The molecule has 1 aromatic heterocycles. The predicted octanol–water partition coefficient (Wildman–Crippen LogP) is 2.87. The van der Waals surface area contributed by atoms with Crippen LogP contribution >= 0.6 is 0 Å². The molecule has 4 nitrogen and oxygen atoms in total. The minimum Gasteiger partial charge on any atom is -0.508 e. The molecule has 5 rings (SSSR count). The maximum absolute atomic E-state index is 11.0. The quantitative estimate of drug-likeness (QED) is 0.856. The van der Waals surface area contributed by atoms with Crippen LogP contribution in [0.1, 0.15) is 24.5 Å². The Morgan fingerprint density at radius 3 is 2.96 bits per heavy atom. The molecule has 4 heterocycles. The number of phenolic OH excluding ortho intramolecular Hbond substituents is 1. The lowest BCUT2D eigenvalue weighted by atomic mass is 9.73. The van der Waals surface area contributed by atoms with Gasteiger partial charge in [-0.25, -0.2) is 0 Å². The van der Waals surface area contributed by atoms with Crippen molar-refractivity contribution in [1.29, 1.82) is 0 Å². The third-order valence-corrected chi connectivity index (χ3v) is 5.60. The van der Waals surface area contributed by atoms with E-state index in [1.165, 1.54) is 6.42 Å². The van der Waals surface area contributed by atoms with E-state index in [1.807, 2.05) is 6.07 Å². The van der Waals surface area contributed by atoms with Gasteiger partial charge in [-0.1, -0.05) is 6.08 Å². The minimum absolute atomic E-state index is 0.137. The number of piperidine rings is 3. The molecule has 2 aromatic rings. The number of fused-ring (bicyclic) bond motifs is 4. The average Bonchev–Trinajstić information content (AvgIpc) is 2.60. The Hall–Kier alpha value is -1.91. The van der Waals surface area contributed by atoms with Crippen LogP contribution in [0, 0.1) is 11.8 Å². The van der Waals surface area contributed by atoms with Crippen LogP contribution in [0.3, 0.4) is 0 Å². The number of aromatic hydroxyl groups is 1. The molecule has 4 heteroatoms. The second-order valence-electron chi connectivity index (χ2n) is 6.79. The summed E-state index contributed by atoms with van der Waals surface area (Å²) in [6.07, 6.45) is 5.44. The van der Waals surface area contributed by atoms with Crippen LogP contribution in [0.2, 0.25) is 0 Å². The Kier molecular flexibility index (Phi) is 3.58. The number of nitrogens with zero attached hydrogens (tertiary/aromatic N) is 2. The van der Waals surface area contributed by atoms with Crippen molar-refractivity contribution < 1.29 is 10.2 Å². The molecule has 3 fully saturated rings. The maximum Gasteiger partial charge on any atom is 0.116 e. The Bertz CT molecular complexity index is 745. The fraction of sp³-hybridized carbons (Fsp3) is 0.421. The van der Waals surface area contributed by atoms with E-state index in [-0.39, 0.29) is 11.8 Å². The molecule has 1 aromatic carbocycles. The van der Waals surface area contributed by atoms with Gasteiger partial charge in [-0.2, -0.15) is 0 Å². The van der Waals surface area contributed by atoms with Crippen molar-refractivity contribution in [3.05, 3.63) is 48.7 Å². The number of phenols is 1. The zero-order valence-corrected chi connectivity index (χ0v) is 13.1. The first-order chi connectivity index (χ1) is 11.2. The van der Waals surface area contributed by atoms with E-state index >= 15 is 0 Å². The van der Waals surface area contributed by atoms with Crippen molar-refractivity contribution in [3.8, 4) is 5.75 Å². The van der Waals surface area contributed by atoms with Crippen molar-refractivity contribution >= 4 is 10.9 Å². The molecule has 3 aliphatic heterocycles. The summed E-state index contributed by atoms with van der Waals surface area (Å²) in [4.78, 5) is 6.73. The Morgan fingerprint density at radius 2 is 2.22 bits per heavy atom. The van der Waals surface area contributed by atoms with E-state index in [0.29, 0.717) is 11.8 Å². The number of aliphatic hydroxyl groups is 1. The van der Waals surface area contributed by atoms with Gasteiger partial charge in [-0.05, 0) is 61.1 Å². The number of rotatable bonds is 3. The molecule has 2 N–H and O–H groups in total. The topological polar surface area (TPSA) is 56.6 Å². The first-order valence-electron chi connectivity index (χ1n) is 8.29. The summed E-state index contributed by atoms with van der Waals surface area (Å²) in [5.74, 6) is 1.38. The van der Waals surface area contributed by atoms with Gasteiger partial charge in [0, 0.05) is 24.2 Å². The molecule has 0 amide bonds. The summed E-state index contributed by atoms with van der Waals surface area (Å²) in [5.41, 5.74) is 1.66. The lowest BCUT2D eigenvalue weighted by Gasteiger charge is -2.50. The van der Waals surface area contributed by atoms with Gasteiger partial charge in [0.05, 0.1) is 11.6 Å². The monoisotopic (exact) mass is 310 g/mol. The van der Waals surface area contributed by atoms with Crippen molar-refractivity contribution in [2.24, 2.45) is 11.8 Å². The number of pyridine rings is 1. The second-order valence-corrected chi connectivity index (χ2v) is 6.79. The zero-order valence-electron chi connectivity index (χ0n) is 13.1. The minimum atomic E-state index is -0.559. The summed E-state index contributed by atoms with van der Waals surface area (Å²) in [7, 11) is 0. The highest BCUT2D eigenvalue weighted by atomic mass is 16.3. The fourth-order valence-corrected chi connectivity index (χ4v) is 4.33. The number of hydrogen-bond acceptors (Lipinski definition) is 4. The zero-order chi connectivity index (χ0) is 16.0. The maximum atomic E-state index is 11.0. The van der Waals surface area contributed by atoms with E-state index in [0.717, 1.165) is 36.0 Å². The summed E-state index contributed by atoms with van der Waals surface area (Å²) in [6.45, 7) is 5.99. The Labute approximate surface area is 136 Å². The van der Waals surface area contributed by atoms with Crippen LogP contribution in [0.4, 0.5) is 0 Å². The predicted molar refractivity (Wildman–Crippen MR) is 90.1 cm³/mol. The van der Waals surface area contributed by atoms with Gasteiger partial charge in [0.1, 0.15) is 5.75 Å². The number of aromatic nitrogens is 1. The van der Waals surface area contributed by atoms with Gasteiger partial charge in [-0.15, -0.1) is 6.58 Å². The molecule has 5 atom stereocenters. The largest absolute Gasteiger partial charge is 0.508 e. The molecule has 4 unspecified atom stereocenters. The third kappa shape index (κ3) is 2.42. The molecule has 2 bridgehead atoms. The molecular weight excluding hydrogens is 288 g/mol. The van der Waals surface area contributed by atoms with Crippen LogP contribution in [0.15, 0.2) is 43.1 Å². The van der Waals surface area contributed by atoms with Gasteiger partial charge in [0.2, 0.25) is 0 Å². The fourth-order valence-electron chi connectivity index (χ4n) is 4.33. The third-order valence-electron chi connectivity index (χ3n) is 5.60. The molecule has 120 valence electrons. The van der Waals surface area contributed by atoms with Crippen molar-refractivity contribution in [1.82, 2.24) is 9.88 Å². The summed E-state index contributed by atoms with van der Waals surface area (Å²) < 4.78 is 0. The van der Waals surface area contributed by atoms with Crippen LogP contribution in [0.5, 0.6) is 5.75 Å². The lowest BCUT2D eigenvalue weighted by Crippen LogP contribution is -2.54. The van der Waals surface area contributed by atoms with Crippen molar-refractivity contribution in [3.63, 3.8) is 0 Å². The second kappa shape index (κ2) is 5.62. The lowest BCUT2D eigenvalue weighted by molar-refractivity contribution is -0.0444. The normalized spacial score (nSPS) is 31.2. The summed E-state index contributed by atoms with van der Waals surface area (Å²) in [6, 6.07) is 7.14. The molecule has 3 saturated heterocycles.